The van der Waals surface area contributed by atoms with E-state index in [-0.39, 0.29) is 0 Å². The molecule has 4 nitrogen and oxygen atoms in total. The second-order valence-electron chi connectivity index (χ2n) is 6.33. The minimum atomic E-state index is 0.316. The standard InChI is InChI=1S/C17H26N4S/c1-5-22-15-7-6-14(9-15)19-12(3)16-10-18-17-8-11(2)20-21(17)13(16)4/h8,10,12,14-15,19H,5-7,9H2,1-4H3/t12-,14-,15+/m0/s1. The van der Waals surface area contributed by atoms with Crippen LogP contribution in [0.3, 0.4) is 0 Å². The van der Waals surface area contributed by atoms with E-state index >= 15 is 0 Å². The van der Waals surface area contributed by atoms with Gasteiger partial charge in [-0.2, -0.15) is 16.9 Å². The van der Waals surface area contributed by atoms with Gasteiger partial charge in [0.15, 0.2) is 5.65 Å². The lowest BCUT2D eigenvalue weighted by molar-refractivity contribution is 0.458. The van der Waals surface area contributed by atoms with Gasteiger partial charge in [-0.15, -0.1) is 0 Å². The molecule has 1 saturated carbocycles. The Morgan fingerprint density at radius 2 is 2.23 bits per heavy atom. The fourth-order valence-electron chi connectivity index (χ4n) is 3.52. The summed E-state index contributed by atoms with van der Waals surface area (Å²) in [5.74, 6) is 1.23. The molecular formula is C17H26N4S. The summed E-state index contributed by atoms with van der Waals surface area (Å²) >= 11 is 2.11. The van der Waals surface area contributed by atoms with Crippen LogP contribution in [0.1, 0.15) is 56.1 Å². The van der Waals surface area contributed by atoms with Crippen molar-refractivity contribution in [2.45, 2.75) is 64.3 Å². The Kier molecular flexibility index (Phi) is 4.73. The molecule has 0 radical (unpaired) electrons. The van der Waals surface area contributed by atoms with Crippen LogP contribution in [-0.2, 0) is 0 Å². The zero-order chi connectivity index (χ0) is 15.7. The van der Waals surface area contributed by atoms with E-state index in [1.54, 1.807) is 0 Å². The van der Waals surface area contributed by atoms with Gasteiger partial charge >= 0.3 is 0 Å². The molecule has 2 heterocycles. The predicted octanol–water partition coefficient (Wildman–Crippen LogP) is 3.67. The van der Waals surface area contributed by atoms with E-state index in [4.69, 9.17) is 0 Å². The van der Waals surface area contributed by atoms with Crippen LogP contribution in [0.15, 0.2) is 12.3 Å². The quantitative estimate of drug-likeness (QED) is 0.913. The molecule has 2 aromatic rings. The van der Waals surface area contributed by atoms with Crippen LogP contribution < -0.4 is 5.32 Å². The molecule has 0 aliphatic heterocycles. The van der Waals surface area contributed by atoms with Gasteiger partial charge in [0.1, 0.15) is 0 Å². The van der Waals surface area contributed by atoms with Crippen molar-refractivity contribution >= 4 is 17.4 Å². The van der Waals surface area contributed by atoms with Gasteiger partial charge in [0.25, 0.3) is 0 Å². The molecule has 3 rings (SSSR count). The first-order valence-corrected chi connectivity index (χ1v) is 9.33. The first-order valence-electron chi connectivity index (χ1n) is 8.28. The van der Waals surface area contributed by atoms with Crippen molar-refractivity contribution in [3.05, 3.63) is 29.2 Å². The molecule has 2 aromatic heterocycles. The Morgan fingerprint density at radius 1 is 1.41 bits per heavy atom. The highest BCUT2D eigenvalue weighted by molar-refractivity contribution is 7.99. The molecule has 0 bridgehead atoms. The van der Waals surface area contributed by atoms with Crippen LogP contribution in [0.5, 0.6) is 0 Å². The molecular weight excluding hydrogens is 292 g/mol. The van der Waals surface area contributed by atoms with Gasteiger partial charge in [-0.3, -0.25) is 0 Å². The number of hydrogen-bond donors (Lipinski definition) is 1. The summed E-state index contributed by atoms with van der Waals surface area (Å²) in [7, 11) is 0. The van der Waals surface area contributed by atoms with Crippen molar-refractivity contribution in [1.82, 2.24) is 19.9 Å². The van der Waals surface area contributed by atoms with E-state index in [0.29, 0.717) is 12.1 Å². The maximum absolute atomic E-state index is 4.56. The number of aryl methyl sites for hydroxylation is 2. The van der Waals surface area contributed by atoms with Gasteiger partial charge in [0.05, 0.1) is 5.69 Å². The summed E-state index contributed by atoms with van der Waals surface area (Å²) in [6.07, 6.45) is 5.93. The van der Waals surface area contributed by atoms with Crippen LogP contribution in [0.4, 0.5) is 0 Å². The highest BCUT2D eigenvalue weighted by Gasteiger charge is 2.26. The van der Waals surface area contributed by atoms with Crippen molar-refractivity contribution in [3.63, 3.8) is 0 Å². The smallest absolute Gasteiger partial charge is 0.155 e. The zero-order valence-electron chi connectivity index (χ0n) is 14.0. The molecule has 0 aromatic carbocycles. The summed E-state index contributed by atoms with van der Waals surface area (Å²) in [5, 5.41) is 9.19. The van der Waals surface area contributed by atoms with Crippen LogP contribution in [-0.4, -0.2) is 31.6 Å². The van der Waals surface area contributed by atoms with Crippen molar-refractivity contribution in [1.29, 1.82) is 0 Å². The normalized spacial score (nSPS) is 23.3. The molecule has 1 aliphatic rings. The van der Waals surface area contributed by atoms with E-state index in [2.05, 4.69) is 47.9 Å². The Hall–Kier alpha value is -1.07. The maximum Gasteiger partial charge on any atom is 0.155 e. The Morgan fingerprint density at radius 3 is 3.00 bits per heavy atom. The number of nitrogens with zero attached hydrogens (tertiary/aromatic N) is 3. The highest BCUT2D eigenvalue weighted by Crippen LogP contribution is 2.31. The maximum atomic E-state index is 4.56. The molecule has 3 atom stereocenters. The number of fused-ring (bicyclic) bond motifs is 1. The summed E-state index contributed by atoms with van der Waals surface area (Å²) in [6.45, 7) is 8.65. The molecule has 5 heteroatoms. The summed E-state index contributed by atoms with van der Waals surface area (Å²) in [5.41, 5.74) is 4.40. The number of rotatable bonds is 5. The number of thioether (sulfide) groups is 1. The lowest BCUT2D eigenvalue weighted by Gasteiger charge is -2.21. The summed E-state index contributed by atoms with van der Waals surface area (Å²) in [6, 6.07) is 2.98. The average Bonchev–Trinajstić information content (AvgIpc) is 3.06. The second kappa shape index (κ2) is 6.59. The van der Waals surface area contributed by atoms with Gasteiger partial charge in [-0.25, -0.2) is 9.50 Å². The fraction of sp³-hybridized carbons (Fsp3) is 0.647. The van der Waals surface area contributed by atoms with Gasteiger partial charge in [-0.1, -0.05) is 6.92 Å². The second-order valence-corrected chi connectivity index (χ2v) is 7.91. The largest absolute Gasteiger partial charge is 0.307 e. The van der Waals surface area contributed by atoms with E-state index in [0.717, 1.165) is 16.6 Å². The third-order valence-corrected chi connectivity index (χ3v) is 5.86. The number of nitrogens with one attached hydrogen (secondary N) is 1. The van der Waals surface area contributed by atoms with Gasteiger partial charge in [-0.05, 0) is 45.8 Å². The third-order valence-electron chi connectivity index (χ3n) is 4.62. The molecule has 0 saturated heterocycles. The third kappa shape index (κ3) is 3.15. The first-order chi connectivity index (χ1) is 10.6. The lowest BCUT2D eigenvalue weighted by Crippen LogP contribution is -2.30. The average molecular weight is 318 g/mol. The van der Waals surface area contributed by atoms with Crippen LogP contribution in [0.2, 0.25) is 0 Å². The topological polar surface area (TPSA) is 42.2 Å². The van der Waals surface area contributed by atoms with Crippen molar-refractivity contribution in [2.24, 2.45) is 0 Å². The molecule has 1 N–H and O–H groups in total. The Bertz CT molecular complexity index is 651. The molecule has 22 heavy (non-hydrogen) atoms. The van der Waals surface area contributed by atoms with E-state index in [9.17, 15) is 0 Å². The first kappa shape index (κ1) is 15.8. The fourth-order valence-corrected chi connectivity index (χ4v) is 4.67. The van der Waals surface area contributed by atoms with E-state index < -0.39 is 0 Å². The summed E-state index contributed by atoms with van der Waals surface area (Å²) < 4.78 is 1.97. The molecule has 120 valence electrons. The molecule has 1 aliphatic carbocycles. The molecule has 0 spiro atoms. The van der Waals surface area contributed by atoms with Crippen LogP contribution in [0.25, 0.3) is 5.65 Å². The molecule has 0 amide bonds. The SMILES string of the molecule is CCS[C@@H]1CC[C@H](N[C@@H](C)c2cnc3cc(C)nn3c2C)C1. The van der Waals surface area contributed by atoms with Crippen LogP contribution >= 0.6 is 11.8 Å². The molecule has 0 unspecified atom stereocenters. The van der Waals surface area contributed by atoms with E-state index in [1.165, 1.54) is 36.3 Å². The van der Waals surface area contributed by atoms with Gasteiger partial charge in [0, 0.05) is 40.9 Å². The minimum absolute atomic E-state index is 0.316. The number of aromatic nitrogens is 3. The minimum Gasteiger partial charge on any atom is -0.307 e. The van der Waals surface area contributed by atoms with Crippen LogP contribution in [0, 0.1) is 13.8 Å². The van der Waals surface area contributed by atoms with Gasteiger partial charge < -0.3 is 5.32 Å². The van der Waals surface area contributed by atoms with Crippen molar-refractivity contribution < 1.29 is 0 Å². The zero-order valence-corrected chi connectivity index (χ0v) is 14.8. The van der Waals surface area contributed by atoms with E-state index in [1.807, 2.05) is 23.7 Å². The highest BCUT2D eigenvalue weighted by atomic mass is 32.2. The molecule has 1 fully saturated rings. The van der Waals surface area contributed by atoms with Gasteiger partial charge in [0.2, 0.25) is 0 Å². The predicted molar refractivity (Wildman–Crippen MR) is 93.6 cm³/mol. The number of hydrogen-bond acceptors (Lipinski definition) is 4. The summed E-state index contributed by atoms with van der Waals surface area (Å²) in [4.78, 5) is 4.56. The lowest BCUT2D eigenvalue weighted by atomic mass is 10.1. The van der Waals surface area contributed by atoms with Crippen molar-refractivity contribution in [3.8, 4) is 0 Å². The Labute approximate surface area is 137 Å². The monoisotopic (exact) mass is 318 g/mol. The Balaban J connectivity index is 1.72. The van der Waals surface area contributed by atoms with Crippen molar-refractivity contribution in [2.75, 3.05) is 5.75 Å².